The monoisotopic (exact) mass is 428 g/mol. The summed E-state index contributed by atoms with van der Waals surface area (Å²) in [6, 6.07) is 8.89. The standard InChI is InChI=1S/C23H26F2N4O2/c1-15-20-6-3-16(11-22(20)31-27-15)13-26-23(30)29(19-7-9-28(2)10-8-19)14-17-4-5-18(24)12-21(17)25/h3-6,11-12,19H,7-10,13-14H2,1-2H3,(H,26,30). The van der Waals surface area contributed by atoms with Crippen LogP contribution in [0.25, 0.3) is 11.0 Å². The Hall–Kier alpha value is -3.00. The number of benzene rings is 2. The number of carbonyl (C=O) groups is 1. The van der Waals surface area contributed by atoms with Gasteiger partial charge in [0.1, 0.15) is 11.6 Å². The lowest BCUT2D eigenvalue weighted by molar-refractivity contribution is 0.126. The number of nitrogens with one attached hydrogen (secondary N) is 1. The largest absolute Gasteiger partial charge is 0.356 e. The molecular formula is C23H26F2N4O2. The highest BCUT2D eigenvalue weighted by molar-refractivity contribution is 5.80. The Morgan fingerprint density at radius 1 is 1.23 bits per heavy atom. The number of fused-ring (bicyclic) bond motifs is 1. The molecule has 2 aromatic carbocycles. The number of rotatable bonds is 5. The summed E-state index contributed by atoms with van der Waals surface area (Å²) in [4.78, 5) is 17.0. The Morgan fingerprint density at radius 2 is 2.00 bits per heavy atom. The summed E-state index contributed by atoms with van der Waals surface area (Å²) in [7, 11) is 2.04. The highest BCUT2D eigenvalue weighted by atomic mass is 19.1. The Morgan fingerprint density at radius 3 is 2.74 bits per heavy atom. The number of nitrogens with zero attached hydrogens (tertiary/aromatic N) is 3. The molecule has 8 heteroatoms. The zero-order chi connectivity index (χ0) is 22.0. The summed E-state index contributed by atoms with van der Waals surface area (Å²) in [5.74, 6) is -1.27. The van der Waals surface area contributed by atoms with Gasteiger partial charge in [0.2, 0.25) is 0 Å². The lowest BCUT2D eigenvalue weighted by Gasteiger charge is -2.37. The van der Waals surface area contributed by atoms with Gasteiger partial charge in [0.25, 0.3) is 0 Å². The van der Waals surface area contributed by atoms with E-state index in [4.69, 9.17) is 4.52 Å². The molecule has 0 unspecified atom stereocenters. The van der Waals surface area contributed by atoms with Gasteiger partial charge in [-0.1, -0.05) is 17.3 Å². The summed E-state index contributed by atoms with van der Waals surface area (Å²) in [5.41, 5.74) is 2.67. The Balaban J connectivity index is 1.49. The van der Waals surface area contributed by atoms with Crippen LogP contribution in [0.3, 0.4) is 0 Å². The molecule has 0 aliphatic carbocycles. The SMILES string of the molecule is Cc1noc2cc(CNC(=O)N(Cc3ccc(F)cc3F)C3CCN(C)CC3)ccc12. The molecule has 0 spiro atoms. The van der Waals surface area contributed by atoms with Gasteiger partial charge in [-0.05, 0) is 63.7 Å². The lowest BCUT2D eigenvalue weighted by atomic mass is 10.0. The van der Waals surface area contributed by atoms with Crippen molar-refractivity contribution in [3.63, 3.8) is 0 Å². The van der Waals surface area contributed by atoms with Crippen LogP contribution in [0, 0.1) is 18.6 Å². The number of hydrogen-bond donors (Lipinski definition) is 1. The van der Waals surface area contributed by atoms with Gasteiger partial charge in [0.15, 0.2) is 5.58 Å². The highest BCUT2D eigenvalue weighted by Gasteiger charge is 2.28. The summed E-state index contributed by atoms with van der Waals surface area (Å²) >= 11 is 0. The number of likely N-dealkylation sites (tertiary alicyclic amines) is 1. The second-order valence-corrected chi connectivity index (χ2v) is 8.16. The van der Waals surface area contributed by atoms with Gasteiger partial charge in [-0.25, -0.2) is 13.6 Å². The molecular weight excluding hydrogens is 402 g/mol. The first-order valence-electron chi connectivity index (χ1n) is 10.4. The zero-order valence-electron chi connectivity index (χ0n) is 17.7. The van der Waals surface area contributed by atoms with Crippen LogP contribution in [0.2, 0.25) is 0 Å². The zero-order valence-corrected chi connectivity index (χ0v) is 17.7. The summed E-state index contributed by atoms with van der Waals surface area (Å²) in [6.07, 6.45) is 1.60. The third-order valence-electron chi connectivity index (χ3n) is 5.91. The predicted molar refractivity (Wildman–Crippen MR) is 113 cm³/mol. The molecule has 3 aromatic rings. The minimum absolute atomic E-state index is 0.0138. The molecule has 0 bridgehead atoms. The summed E-state index contributed by atoms with van der Waals surface area (Å²) < 4.78 is 32.9. The third-order valence-corrected chi connectivity index (χ3v) is 5.91. The molecule has 2 heterocycles. The maximum absolute atomic E-state index is 14.3. The second kappa shape index (κ2) is 9.01. The van der Waals surface area contributed by atoms with Crippen molar-refractivity contribution >= 4 is 17.0 Å². The maximum atomic E-state index is 14.3. The second-order valence-electron chi connectivity index (χ2n) is 8.16. The third kappa shape index (κ3) is 4.85. The van der Waals surface area contributed by atoms with Gasteiger partial charge in [-0.2, -0.15) is 0 Å². The minimum Gasteiger partial charge on any atom is -0.356 e. The molecule has 1 N–H and O–H groups in total. The van der Waals surface area contributed by atoms with Crippen molar-refractivity contribution < 1.29 is 18.1 Å². The van der Waals surface area contributed by atoms with E-state index in [2.05, 4.69) is 15.4 Å². The summed E-state index contributed by atoms with van der Waals surface area (Å²) in [6.45, 7) is 4.00. The van der Waals surface area contributed by atoms with Gasteiger partial charge < -0.3 is 19.6 Å². The Labute approximate surface area is 179 Å². The van der Waals surface area contributed by atoms with Crippen molar-refractivity contribution in [2.75, 3.05) is 20.1 Å². The smallest absolute Gasteiger partial charge is 0.318 e. The number of aryl methyl sites for hydroxylation is 1. The first kappa shape index (κ1) is 21.2. The molecule has 6 nitrogen and oxygen atoms in total. The van der Waals surface area contributed by atoms with Crippen molar-refractivity contribution in [3.05, 3.63) is 64.9 Å². The van der Waals surface area contributed by atoms with E-state index in [9.17, 15) is 13.6 Å². The van der Waals surface area contributed by atoms with Crippen LogP contribution in [0.1, 0.15) is 29.7 Å². The van der Waals surface area contributed by atoms with Crippen molar-refractivity contribution in [2.24, 2.45) is 0 Å². The van der Waals surface area contributed by atoms with Crippen LogP contribution in [-0.2, 0) is 13.1 Å². The van der Waals surface area contributed by atoms with Gasteiger partial charge in [-0.15, -0.1) is 0 Å². The Bertz CT molecular complexity index is 1080. The first-order chi connectivity index (χ1) is 14.9. The van der Waals surface area contributed by atoms with Crippen molar-refractivity contribution in [3.8, 4) is 0 Å². The molecule has 1 aromatic heterocycles. The molecule has 0 atom stereocenters. The fourth-order valence-electron chi connectivity index (χ4n) is 4.00. The number of hydrogen-bond acceptors (Lipinski definition) is 4. The van der Waals surface area contributed by atoms with E-state index in [1.807, 2.05) is 32.2 Å². The average Bonchev–Trinajstić information content (AvgIpc) is 3.12. The molecule has 1 aliphatic rings. The number of piperidine rings is 1. The van der Waals surface area contributed by atoms with E-state index in [1.165, 1.54) is 12.1 Å². The van der Waals surface area contributed by atoms with E-state index in [0.717, 1.165) is 48.6 Å². The van der Waals surface area contributed by atoms with E-state index < -0.39 is 11.6 Å². The van der Waals surface area contributed by atoms with Crippen LogP contribution < -0.4 is 5.32 Å². The minimum atomic E-state index is -0.642. The van der Waals surface area contributed by atoms with Crippen molar-refractivity contribution in [2.45, 2.75) is 38.9 Å². The highest BCUT2D eigenvalue weighted by Crippen LogP contribution is 2.22. The van der Waals surface area contributed by atoms with E-state index in [-0.39, 0.29) is 18.6 Å². The van der Waals surface area contributed by atoms with E-state index in [0.29, 0.717) is 17.7 Å². The predicted octanol–water partition coefficient (Wildman–Crippen LogP) is 4.22. The number of aromatic nitrogens is 1. The molecule has 1 aliphatic heterocycles. The molecule has 0 radical (unpaired) electrons. The van der Waals surface area contributed by atoms with Crippen LogP contribution in [-0.4, -0.2) is 47.2 Å². The number of halogens is 2. The van der Waals surface area contributed by atoms with Crippen molar-refractivity contribution in [1.82, 2.24) is 20.3 Å². The maximum Gasteiger partial charge on any atom is 0.318 e. The molecule has 1 fully saturated rings. The molecule has 1 saturated heterocycles. The summed E-state index contributed by atoms with van der Waals surface area (Å²) in [5, 5.41) is 7.84. The van der Waals surface area contributed by atoms with Gasteiger partial charge in [0.05, 0.1) is 12.2 Å². The van der Waals surface area contributed by atoms with Crippen LogP contribution >= 0.6 is 0 Å². The van der Waals surface area contributed by atoms with Gasteiger partial charge in [0, 0.05) is 29.6 Å². The molecule has 164 valence electrons. The number of urea groups is 1. The molecule has 0 saturated carbocycles. The van der Waals surface area contributed by atoms with Crippen molar-refractivity contribution in [1.29, 1.82) is 0 Å². The van der Waals surface area contributed by atoms with E-state index >= 15 is 0 Å². The number of carbonyl (C=O) groups excluding carboxylic acids is 1. The first-order valence-corrected chi connectivity index (χ1v) is 10.4. The molecule has 31 heavy (non-hydrogen) atoms. The normalized spacial score (nSPS) is 15.4. The molecule has 2 amide bonds. The van der Waals surface area contributed by atoms with Crippen LogP contribution in [0.4, 0.5) is 13.6 Å². The fraction of sp³-hybridized carbons (Fsp3) is 0.391. The van der Waals surface area contributed by atoms with Crippen LogP contribution in [0.5, 0.6) is 0 Å². The fourth-order valence-corrected chi connectivity index (χ4v) is 4.00. The topological polar surface area (TPSA) is 61.6 Å². The van der Waals surface area contributed by atoms with E-state index in [1.54, 1.807) is 4.90 Å². The van der Waals surface area contributed by atoms with Gasteiger partial charge >= 0.3 is 6.03 Å². The average molecular weight is 428 g/mol. The quantitative estimate of drug-likeness (QED) is 0.661. The molecule has 4 rings (SSSR count). The van der Waals surface area contributed by atoms with Crippen LogP contribution in [0.15, 0.2) is 40.9 Å². The lowest BCUT2D eigenvalue weighted by Crippen LogP contribution is -2.49. The Kier molecular flexibility index (Phi) is 6.18. The van der Waals surface area contributed by atoms with Gasteiger partial charge in [-0.3, -0.25) is 0 Å². The number of amides is 2.